The Balaban J connectivity index is 2.11. The summed E-state index contributed by atoms with van der Waals surface area (Å²) in [5.74, 6) is 0.602. The van der Waals surface area contributed by atoms with Gasteiger partial charge in [0.15, 0.2) is 0 Å². The number of sulfonamides is 1. The molecular formula is C16H16N2O3S. The van der Waals surface area contributed by atoms with Gasteiger partial charge in [-0.2, -0.15) is 13.5 Å². The Bertz CT molecular complexity index is 756. The normalized spacial score (nSPS) is 11.3. The highest BCUT2D eigenvalue weighted by atomic mass is 32.2. The number of benzene rings is 2. The molecule has 0 amide bonds. The average molecular weight is 316 g/mol. The second kappa shape index (κ2) is 7.42. The Kier molecular flexibility index (Phi) is 5.32. The first-order chi connectivity index (χ1) is 10.6. The minimum Gasteiger partial charge on any atom is -0.489 e. The summed E-state index contributed by atoms with van der Waals surface area (Å²) in [5, 5.41) is 3.79. The van der Waals surface area contributed by atoms with Crippen LogP contribution in [0, 0.1) is 0 Å². The molecule has 0 saturated carbocycles. The van der Waals surface area contributed by atoms with Gasteiger partial charge in [-0.15, -0.1) is 0 Å². The van der Waals surface area contributed by atoms with Crippen molar-refractivity contribution in [2.45, 2.75) is 4.90 Å². The minimum atomic E-state index is -3.67. The quantitative estimate of drug-likeness (QED) is 0.485. The third-order valence-corrected chi connectivity index (χ3v) is 3.94. The van der Waals surface area contributed by atoms with Crippen molar-refractivity contribution in [1.82, 2.24) is 4.83 Å². The molecule has 114 valence electrons. The fourth-order valence-electron chi connectivity index (χ4n) is 1.68. The highest BCUT2D eigenvalue weighted by Crippen LogP contribution is 2.15. The van der Waals surface area contributed by atoms with Crippen LogP contribution < -0.4 is 9.57 Å². The van der Waals surface area contributed by atoms with Crippen LogP contribution in [0.1, 0.15) is 5.56 Å². The van der Waals surface area contributed by atoms with Crippen molar-refractivity contribution in [3.63, 3.8) is 0 Å². The molecule has 22 heavy (non-hydrogen) atoms. The highest BCUT2D eigenvalue weighted by Gasteiger charge is 2.11. The molecule has 0 atom stereocenters. The maximum absolute atomic E-state index is 12.0. The lowest BCUT2D eigenvalue weighted by Gasteiger charge is -2.06. The van der Waals surface area contributed by atoms with Gasteiger partial charge < -0.3 is 4.74 Å². The zero-order valence-corrected chi connectivity index (χ0v) is 12.7. The van der Waals surface area contributed by atoms with Gasteiger partial charge in [-0.05, 0) is 24.3 Å². The molecule has 0 radical (unpaired) electrons. The fourth-order valence-corrected chi connectivity index (χ4v) is 2.50. The van der Waals surface area contributed by atoms with Gasteiger partial charge in [0.25, 0.3) is 10.0 Å². The topological polar surface area (TPSA) is 67.8 Å². The van der Waals surface area contributed by atoms with Crippen molar-refractivity contribution in [2.24, 2.45) is 5.10 Å². The Morgan fingerprint density at radius 1 is 1.09 bits per heavy atom. The van der Waals surface area contributed by atoms with E-state index < -0.39 is 10.0 Å². The van der Waals surface area contributed by atoms with Crippen LogP contribution in [-0.4, -0.2) is 21.2 Å². The van der Waals surface area contributed by atoms with E-state index in [2.05, 4.69) is 16.5 Å². The van der Waals surface area contributed by atoms with E-state index in [0.29, 0.717) is 17.9 Å². The molecule has 0 saturated heterocycles. The molecular weight excluding hydrogens is 300 g/mol. The third kappa shape index (κ3) is 4.20. The maximum atomic E-state index is 12.0. The van der Waals surface area contributed by atoms with E-state index >= 15 is 0 Å². The van der Waals surface area contributed by atoms with E-state index in [9.17, 15) is 8.42 Å². The average Bonchev–Trinajstić information content (AvgIpc) is 2.54. The van der Waals surface area contributed by atoms with Crippen LogP contribution in [0.15, 0.2) is 77.2 Å². The standard InChI is InChI=1S/C16H16N2O3S/c1-2-12-21-16-11-7-6-8-14(16)13-17-18-22(19,20)15-9-4-3-5-10-15/h2-11,13,18H,1,12H2/b17-13+. The first-order valence-corrected chi connectivity index (χ1v) is 8.04. The summed E-state index contributed by atoms with van der Waals surface area (Å²) >= 11 is 0. The lowest BCUT2D eigenvalue weighted by molar-refractivity contribution is 0.362. The number of nitrogens with one attached hydrogen (secondary N) is 1. The van der Waals surface area contributed by atoms with Gasteiger partial charge in [-0.1, -0.05) is 43.0 Å². The summed E-state index contributed by atoms with van der Waals surface area (Å²) in [4.78, 5) is 2.33. The van der Waals surface area contributed by atoms with E-state index in [-0.39, 0.29) is 4.90 Å². The number of ether oxygens (including phenoxy) is 1. The summed E-state index contributed by atoms with van der Waals surface area (Å²) < 4.78 is 29.5. The van der Waals surface area contributed by atoms with Crippen LogP contribution in [0.3, 0.4) is 0 Å². The SMILES string of the molecule is C=CCOc1ccccc1/C=N/NS(=O)(=O)c1ccccc1. The molecule has 1 N–H and O–H groups in total. The molecule has 2 aromatic carbocycles. The van der Waals surface area contributed by atoms with E-state index in [0.717, 1.165) is 0 Å². The van der Waals surface area contributed by atoms with Crippen molar-refractivity contribution in [1.29, 1.82) is 0 Å². The molecule has 0 spiro atoms. The molecule has 0 unspecified atom stereocenters. The Labute approximate surface area is 130 Å². The van der Waals surface area contributed by atoms with Crippen molar-refractivity contribution >= 4 is 16.2 Å². The van der Waals surface area contributed by atoms with Crippen LogP contribution >= 0.6 is 0 Å². The summed E-state index contributed by atoms with van der Waals surface area (Å²) in [5.41, 5.74) is 0.667. The molecule has 2 aromatic rings. The lowest BCUT2D eigenvalue weighted by atomic mass is 10.2. The van der Waals surface area contributed by atoms with Crippen molar-refractivity contribution in [3.8, 4) is 5.75 Å². The predicted molar refractivity (Wildman–Crippen MR) is 86.5 cm³/mol. The molecule has 6 heteroatoms. The largest absolute Gasteiger partial charge is 0.489 e. The number of hydrogen-bond donors (Lipinski definition) is 1. The number of nitrogens with zero attached hydrogens (tertiary/aromatic N) is 1. The van der Waals surface area contributed by atoms with Crippen LogP contribution in [0.5, 0.6) is 5.75 Å². The summed E-state index contributed by atoms with van der Waals surface area (Å²) in [6.07, 6.45) is 3.03. The number of rotatable bonds is 7. The Hall–Kier alpha value is -2.60. The zero-order chi connectivity index (χ0) is 15.8. The maximum Gasteiger partial charge on any atom is 0.276 e. The highest BCUT2D eigenvalue weighted by molar-refractivity contribution is 7.89. The molecule has 0 bridgehead atoms. The van der Waals surface area contributed by atoms with E-state index in [1.165, 1.54) is 18.3 Å². The first-order valence-electron chi connectivity index (χ1n) is 6.56. The fraction of sp³-hybridized carbons (Fsp3) is 0.0625. The lowest BCUT2D eigenvalue weighted by Crippen LogP contribution is -2.18. The first kappa shape index (κ1) is 15.8. The Morgan fingerprint density at radius 2 is 1.77 bits per heavy atom. The monoisotopic (exact) mass is 316 g/mol. The molecule has 0 aliphatic rings. The van der Waals surface area contributed by atoms with Crippen LogP contribution in [0.4, 0.5) is 0 Å². The van der Waals surface area contributed by atoms with Gasteiger partial charge >= 0.3 is 0 Å². The van der Waals surface area contributed by atoms with Crippen LogP contribution in [0.25, 0.3) is 0 Å². The van der Waals surface area contributed by atoms with Crippen LogP contribution in [-0.2, 0) is 10.0 Å². The second-order valence-corrected chi connectivity index (χ2v) is 5.96. The van der Waals surface area contributed by atoms with Gasteiger partial charge in [0, 0.05) is 5.56 Å². The molecule has 5 nitrogen and oxygen atoms in total. The number of hydrazone groups is 1. The molecule has 0 fully saturated rings. The van der Waals surface area contributed by atoms with Crippen molar-refractivity contribution < 1.29 is 13.2 Å². The summed E-state index contributed by atoms with van der Waals surface area (Å²) in [6.45, 7) is 3.94. The van der Waals surface area contributed by atoms with Gasteiger partial charge in [0.1, 0.15) is 12.4 Å². The van der Waals surface area contributed by atoms with Crippen molar-refractivity contribution in [2.75, 3.05) is 6.61 Å². The van der Waals surface area contributed by atoms with Gasteiger partial charge in [0.2, 0.25) is 0 Å². The van der Waals surface area contributed by atoms with Crippen molar-refractivity contribution in [3.05, 3.63) is 72.8 Å². The smallest absolute Gasteiger partial charge is 0.276 e. The number of para-hydroxylation sites is 1. The predicted octanol–water partition coefficient (Wildman–Crippen LogP) is 2.56. The minimum absolute atomic E-state index is 0.156. The molecule has 0 aliphatic carbocycles. The van der Waals surface area contributed by atoms with Gasteiger partial charge in [-0.25, -0.2) is 4.83 Å². The number of hydrogen-bond acceptors (Lipinski definition) is 4. The third-order valence-electron chi connectivity index (χ3n) is 2.71. The summed E-state index contributed by atoms with van der Waals surface area (Å²) in [6, 6.07) is 15.2. The zero-order valence-electron chi connectivity index (χ0n) is 11.8. The van der Waals surface area contributed by atoms with E-state index in [4.69, 9.17) is 4.74 Å². The van der Waals surface area contributed by atoms with Gasteiger partial charge in [0.05, 0.1) is 11.1 Å². The molecule has 0 aliphatic heterocycles. The molecule has 0 aromatic heterocycles. The molecule has 2 rings (SSSR count). The molecule has 0 heterocycles. The van der Waals surface area contributed by atoms with Crippen LogP contribution in [0.2, 0.25) is 0 Å². The Morgan fingerprint density at radius 3 is 2.50 bits per heavy atom. The van der Waals surface area contributed by atoms with E-state index in [1.54, 1.807) is 36.4 Å². The van der Waals surface area contributed by atoms with Gasteiger partial charge in [-0.3, -0.25) is 0 Å². The van der Waals surface area contributed by atoms with E-state index in [1.807, 2.05) is 12.1 Å². The second-order valence-electron chi connectivity index (χ2n) is 4.30. The summed E-state index contributed by atoms with van der Waals surface area (Å²) in [7, 11) is -3.67.